The minimum absolute atomic E-state index is 0.677. The fourth-order valence-electron chi connectivity index (χ4n) is 1.15. The molecular formula is C8H15N3OS. The van der Waals surface area contributed by atoms with Gasteiger partial charge >= 0.3 is 0 Å². The second kappa shape index (κ2) is 5.14. The molecular weight excluding hydrogens is 186 g/mol. The van der Waals surface area contributed by atoms with Crippen LogP contribution in [0, 0.1) is 4.77 Å². The highest BCUT2D eigenvalue weighted by atomic mass is 32.1. The van der Waals surface area contributed by atoms with Crippen molar-refractivity contribution in [3.63, 3.8) is 0 Å². The van der Waals surface area contributed by atoms with E-state index in [2.05, 4.69) is 17.1 Å². The van der Waals surface area contributed by atoms with Crippen LogP contribution in [0.25, 0.3) is 0 Å². The largest absolute Gasteiger partial charge is 0.380 e. The van der Waals surface area contributed by atoms with Crippen molar-refractivity contribution in [2.45, 2.75) is 26.8 Å². The summed E-state index contributed by atoms with van der Waals surface area (Å²) in [6.07, 6.45) is 0.888. The zero-order valence-electron chi connectivity index (χ0n) is 8.04. The van der Waals surface area contributed by atoms with Crippen LogP contribution < -0.4 is 0 Å². The van der Waals surface area contributed by atoms with Crippen LogP contribution in [0.4, 0.5) is 0 Å². The Morgan fingerprint density at radius 2 is 2.31 bits per heavy atom. The Hall–Kier alpha value is -0.680. The summed E-state index contributed by atoms with van der Waals surface area (Å²) < 4.78 is 7.91. The molecule has 0 aliphatic carbocycles. The molecule has 0 aliphatic heterocycles. The SMILES string of the molecule is CCOCCn1c(CC)n[nH]c1=S. The van der Waals surface area contributed by atoms with Crippen LogP contribution in [0.2, 0.25) is 0 Å². The van der Waals surface area contributed by atoms with Gasteiger partial charge in [0, 0.05) is 19.6 Å². The van der Waals surface area contributed by atoms with Gasteiger partial charge in [-0.1, -0.05) is 6.92 Å². The van der Waals surface area contributed by atoms with Gasteiger partial charge in [0.2, 0.25) is 0 Å². The van der Waals surface area contributed by atoms with Crippen molar-refractivity contribution < 1.29 is 4.74 Å². The van der Waals surface area contributed by atoms with Gasteiger partial charge in [-0.15, -0.1) is 0 Å². The molecule has 4 nitrogen and oxygen atoms in total. The fraction of sp³-hybridized carbons (Fsp3) is 0.750. The molecule has 74 valence electrons. The summed E-state index contributed by atoms with van der Waals surface area (Å²) in [5.41, 5.74) is 0. The van der Waals surface area contributed by atoms with Gasteiger partial charge in [-0.25, -0.2) is 0 Å². The number of nitrogens with zero attached hydrogens (tertiary/aromatic N) is 2. The third-order valence-corrected chi connectivity index (χ3v) is 2.13. The smallest absolute Gasteiger partial charge is 0.195 e. The molecule has 0 bridgehead atoms. The molecule has 1 aromatic heterocycles. The first-order valence-corrected chi connectivity index (χ1v) is 4.92. The topological polar surface area (TPSA) is 42.8 Å². The maximum absolute atomic E-state index is 5.25. The Labute approximate surface area is 82.9 Å². The van der Waals surface area contributed by atoms with Crippen LogP contribution in [0.15, 0.2) is 0 Å². The summed E-state index contributed by atoms with van der Waals surface area (Å²) in [5.74, 6) is 0.990. The molecule has 1 aromatic rings. The molecule has 0 saturated carbocycles. The molecule has 0 radical (unpaired) electrons. The fourth-order valence-corrected chi connectivity index (χ4v) is 1.39. The van der Waals surface area contributed by atoms with Crippen molar-refractivity contribution in [1.82, 2.24) is 14.8 Å². The zero-order chi connectivity index (χ0) is 9.68. The van der Waals surface area contributed by atoms with Gasteiger partial charge in [0.05, 0.1) is 6.61 Å². The Bertz CT molecular complexity index is 305. The van der Waals surface area contributed by atoms with Crippen molar-refractivity contribution >= 4 is 12.2 Å². The summed E-state index contributed by atoms with van der Waals surface area (Å²) in [6, 6.07) is 0. The first kappa shape index (κ1) is 10.4. The third kappa shape index (κ3) is 2.63. The molecule has 13 heavy (non-hydrogen) atoms. The van der Waals surface area contributed by atoms with E-state index in [4.69, 9.17) is 17.0 Å². The van der Waals surface area contributed by atoms with E-state index in [0.29, 0.717) is 11.4 Å². The van der Waals surface area contributed by atoms with Crippen LogP contribution in [-0.2, 0) is 17.7 Å². The van der Waals surface area contributed by atoms with Crippen LogP contribution in [0.3, 0.4) is 0 Å². The predicted octanol–water partition coefficient (Wildman–Crippen LogP) is 1.54. The van der Waals surface area contributed by atoms with Gasteiger partial charge in [-0.2, -0.15) is 5.10 Å². The number of aryl methyl sites for hydroxylation is 1. The molecule has 1 N–H and O–H groups in total. The highest BCUT2D eigenvalue weighted by Crippen LogP contribution is 1.98. The van der Waals surface area contributed by atoms with E-state index in [9.17, 15) is 0 Å². The minimum atomic E-state index is 0.677. The lowest BCUT2D eigenvalue weighted by atomic mass is 10.4. The van der Waals surface area contributed by atoms with Crippen LogP contribution in [0.5, 0.6) is 0 Å². The van der Waals surface area contributed by atoms with E-state index in [1.54, 1.807) is 0 Å². The normalized spacial score (nSPS) is 10.6. The minimum Gasteiger partial charge on any atom is -0.380 e. The molecule has 1 rings (SSSR count). The van der Waals surface area contributed by atoms with Gasteiger partial charge in [0.25, 0.3) is 0 Å². The molecule has 0 aromatic carbocycles. The molecule has 0 amide bonds. The van der Waals surface area contributed by atoms with Gasteiger partial charge in [-0.3, -0.25) is 5.10 Å². The summed E-state index contributed by atoms with van der Waals surface area (Å²) in [5, 5.41) is 6.88. The maximum atomic E-state index is 5.25. The van der Waals surface area contributed by atoms with Crippen LogP contribution >= 0.6 is 12.2 Å². The summed E-state index contributed by atoms with van der Waals surface area (Å²) >= 11 is 5.08. The summed E-state index contributed by atoms with van der Waals surface area (Å²) in [6.45, 7) is 6.26. The van der Waals surface area contributed by atoms with Crippen molar-refractivity contribution in [2.24, 2.45) is 0 Å². The Balaban J connectivity index is 2.63. The van der Waals surface area contributed by atoms with Gasteiger partial charge in [0.15, 0.2) is 4.77 Å². The second-order valence-corrected chi connectivity index (χ2v) is 3.03. The van der Waals surface area contributed by atoms with Gasteiger partial charge < -0.3 is 9.30 Å². The van der Waals surface area contributed by atoms with Crippen molar-refractivity contribution in [3.8, 4) is 0 Å². The predicted molar refractivity (Wildman–Crippen MR) is 53.3 cm³/mol. The zero-order valence-corrected chi connectivity index (χ0v) is 8.86. The van der Waals surface area contributed by atoms with E-state index >= 15 is 0 Å². The van der Waals surface area contributed by atoms with Gasteiger partial charge in [-0.05, 0) is 19.1 Å². The molecule has 0 atom stereocenters. The molecule has 0 saturated heterocycles. The van der Waals surface area contributed by atoms with E-state index in [0.717, 1.165) is 25.4 Å². The molecule has 0 spiro atoms. The van der Waals surface area contributed by atoms with E-state index in [-0.39, 0.29) is 0 Å². The average Bonchev–Trinajstić information content (AvgIpc) is 2.48. The molecule has 0 aliphatic rings. The van der Waals surface area contributed by atoms with Crippen LogP contribution in [0.1, 0.15) is 19.7 Å². The quantitative estimate of drug-likeness (QED) is 0.580. The van der Waals surface area contributed by atoms with Crippen molar-refractivity contribution in [3.05, 3.63) is 10.6 Å². The second-order valence-electron chi connectivity index (χ2n) is 2.65. The number of rotatable bonds is 5. The lowest BCUT2D eigenvalue weighted by Crippen LogP contribution is -2.09. The molecule has 0 fully saturated rings. The van der Waals surface area contributed by atoms with Crippen molar-refractivity contribution in [1.29, 1.82) is 0 Å². The van der Waals surface area contributed by atoms with Gasteiger partial charge in [0.1, 0.15) is 5.82 Å². The highest BCUT2D eigenvalue weighted by molar-refractivity contribution is 7.71. The maximum Gasteiger partial charge on any atom is 0.195 e. The number of H-pyrrole nitrogens is 1. The molecule has 1 heterocycles. The third-order valence-electron chi connectivity index (χ3n) is 1.82. The van der Waals surface area contributed by atoms with E-state index in [1.165, 1.54) is 0 Å². The highest BCUT2D eigenvalue weighted by Gasteiger charge is 2.02. The monoisotopic (exact) mass is 201 g/mol. The lowest BCUT2D eigenvalue weighted by molar-refractivity contribution is 0.138. The molecule has 5 heteroatoms. The standard InChI is InChI=1S/C8H15N3OS/c1-3-7-9-10-8(13)11(7)5-6-12-4-2/h3-6H2,1-2H3,(H,10,13). The van der Waals surface area contributed by atoms with Crippen LogP contribution in [-0.4, -0.2) is 28.0 Å². The van der Waals surface area contributed by atoms with E-state index < -0.39 is 0 Å². The lowest BCUT2D eigenvalue weighted by Gasteiger charge is -2.04. The molecule has 0 unspecified atom stereocenters. The Kier molecular flexibility index (Phi) is 4.11. The van der Waals surface area contributed by atoms with E-state index in [1.807, 2.05) is 11.5 Å². The average molecular weight is 201 g/mol. The number of nitrogens with one attached hydrogen (secondary N) is 1. The first-order chi connectivity index (χ1) is 6.29. The number of hydrogen-bond acceptors (Lipinski definition) is 3. The Morgan fingerprint density at radius 1 is 1.54 bits per heavy atom. The number of ether oxygens (including phenoxy) is 1. The number of aromatic amines is 1. The summed E-state index contributed by atoms with van der Waals surface area (Å²) in [7, 11) is 0. The first-order valence-electron chi connectivity index (χ1n) is 4.51. The summed E-state index contributed by atoms with van der Waals surface area (Å²) in [4.78, 5) is 0. The van der Waals surface area contributed by atoms with Crippen molar-refractivity contribution in [2.75, 3.05) is 13.2 Å². The number of hydrogen-bond donors (Lipinski definition) is 1. The number of aromatic nitrogens is 3. The Morgan fingerprint density at radius 3 is 2.92 bits per heavy atom.